The first-order chi connectivity index (χ1) is 14.1. The Balaban J connectivity index is 1.95. The Kier molecular flexibility index (Phi) is 6.92. The zero-order valence-corrected chi connectivity index (χ0v) is 20.0. The van der Waals surface area contributed by atoms with Gasteiger partial charge in [0.25, 0.3) is 5.91 Å². The lowest BCUT2D eigenvalue weighted by molar-refractivity contribution is -0.131. The van der Waals surface area contributed by atoms with Crippen molar-refractivity contribution >= 4 is 55.8 Å². The molecular weight excluding hydrogens is 441 g/mol. The number of benzene rings is 2. The van der Waals surface area contributed by atoms with Crippen LogP contribution < -0.4 is 9.64 Å². The standard InChI is InChI=1S/C22H25Cl2N3O2S/c1-14-17(24)10-11-18-19(14)25-21(30-18)27(13-12-26(4)5)20(28)22(2,3)29-16-8-6-15(23)7-9-16/h6-11H,12-13H2,1-5H3. The number of anilines is 1. The summed E-state index contributed by atoms with van der Waals surface area (Å²) in [5.74, 6) is 0.416. The van der Waals surface area contributed by atoms with Crippen LogP contribution in [-0.2, 0) is 4.79 Å². The van der Waals surface area contributed by atoms with Crippen molar-refractivity contribution in [1.29, 1.82) is 0 Å². The first-order valence-corrected chi connectivity index (χ1v) is 11.1. The Morgan fingerprint density at radius 3 is 2.40 bits per heavy atom. The number of halogens is 2. The van der Waals surface area contributed by atoms with Crippen molar-refractivity contribution < 1.29 is 9.53 Å². The third-order valence-electron chi connectivity index (χ3n) is 4.69. The summed E-state index contributed by atoms with van der Waals surface area (Å²) in [6.07, 6.45) is 0. The third kappa shape index (κ3) is 5.06. The molecule has 0 fully saturated rings. The Morgan fingerprint density at radius 1 is 1.10 bits per heavy atom. The van der Waals surface area contributed by atoms with Gasteiger partial charge in [0.1, 0.15) is 5.75 Å². The summed E-state index contributed by atoms with van der Waals surface area (Å²) in [6.45, 7) is 6.65. The minimum Gasteiger partial charge on any atom is -0.478 e. The molecule has 0 aliphatic rings. The van der Waals surface area contributed by atoms with E-state index in [9.17, 15) is 4.79 Å². The van der Waals surface area contributed by atoms with Crippen LogP contribution in [-0.4, -0.2) is 48.6 Å². The van der Waals surface area contributed by atoms with Crippen LogP contribution in [0.2, 0.25) is 10.0 Å². The number of thiazole rings is 1. The predicted molar refractivity (Wildman–Crippen MR) is 126 cm³/mol. The second kappa shape index (κ2) is 9.10. The number of nitrogens with zero attached hydrogens (tertiary/aromatic N) is 3. The van der Waals surface area contributed by atoms with E-state index < -0.39 is 5.60 Å². The summed E-state index contributed by atoms with van der Waals surface area (Å²) in [4.78, 5) is 22.1. The van der Waals surface area contributed by atoms with E-state index in [1.165, 1.54) is 11.3 Å². The van der Waals surface area contributed by atoms with E-state index in [-0.39, 0.29) is 5.91 Å². The molecular formula is C22H25Cl2N3O2S. The fourth-order valence-electron chi connectivity index (χ4n) is 2.95. The number of hydrogen-bond acceptors (Lipinski definition) is 5. The molecule has 3 rings (SSSR count). The molecule has 1 heterocycles. The summed E-state index contributed by atoms with van der Waals surface area (Å²) in [5, 5.41) is 1.91. The smallest absolute Gasteiger partial charge is 0.272 e. The van der Waals surface area contributed by atoms with E-state index in [4.69, 9.17) is 32.9 Å². The maximum absolute atomic E-state index is 13.6. The molecule has 0 unspecified atom stereocenters. The molecule has 0 bridgehead atoms. The van der Waals surface area contributed by atoms with Gasteiger partial charge in [-0.1, -0.05) is 34.5 Å². The van der Waals surface area contributed by atoms with Crippen LogP contribution in [0.25, 0.3) is 10.2 Å². The molecule has 8 heteroatoms. The van der Waals surface area contributed by atoms with Crippen LogP contribution in [0, 0.1) is 6.92 Å². The van der Waals surface area contributed by atoms with Gasteiger partial charge in [-0.25, -0.2) is 4.98 Å². The average molecular weight is 466 g/mol. The number of ether oxygens (including phenoxy) is 1. The molecule has 0 spiro atoms. The van der Waals surface area contributed by atoms with E-state index in [0.29, 0.717) is 34.0 Å². The second-order valence-corrected chi connectivity index (χ2v) is 9.69. The molecule has 0 saturated carbocycles. The van der Waals surface area contributed by atoms with Gasteiger partial charge in [0.05, 0.1) is 10.2 Å². The van der Waals surface area contributed by atoms with E-state index in [1.54, 1.807) is 43.0 Å². The molecule has 30 heavy (non-hydrogen) atoms. The molecule has 0 saturated heterocycles. The fourth-order valence-corrected chi connectivity index (χ4v) is 4.28. The zero-order chi connectivity index (χ0) is 22.1. The number of carbonyl (C=O) groups excluding carboxylic acids is 1. The summed E-state index contributed by atoms with van der Waals surface area (Å²) in [5.41, 5.74) is 0.639. The molecule has 1 amide bonds. The van der Waals surface area contributed by atoms with Crippen LogP contribution in [0.3, 0.4) is 0 Å². The van der Waals surface area contributed by atoms with E-state index >= 15 is 0 Å². The molecule has 3 aromatic rings. The Hall–Kier alpha value is -1.86. The maximum atomic E-state index is 13.6. The van der Waals surface area contributed by atoms with Crippen molar-refractivity contribution in [3.63, 3.8) is 0 Å². The number of hydrogen-bond donors (Lipinski definition) is 0. The number of fused-ring (bicyclic) bond motifs is 1. The van der Waals surface area contributed by atoms with Gasteiger partial charge < -0.3 is 9.64 Å². The van der Waals surface area contributed by atoms with Crippen molar-refractivity contribution in [2.75, 3.05) is 32.1 Å². The number of aromatic nitrogens is 1. The number of rotatable bonds is 7. The lowest BCUT2D eigenvalue weighted by atomic mass is 10.1. The summed E-state index contributed by atoms with van der Waals surface area (Å²) in [6, 6.07) is 10.8. The van der Waals surface area contributed by atoms with E-state index in [0.717, 1.165) is 15.8 Å². The molecule has 0 atom stereocenters. The lowest BCUT2D eigenvalue weighted by Crippen LogP contribution is -2.50. The van der Waals surface area contributed by atoms with Crippen molar-refractivity contribution in [3.8, 4) is 5.75 Å². The summed E-state index contributed by atoms with van der Waals surface area (Å²) >= 11 is 13.7. The molecule has 0 aliphatic carbocycles. The zero-order valence-electron chi connectivity index (χ0n) is 17.7. The highest BCUT2D eigenvalue weighted by atomic mass is 35.5. The normalized spacial score (nSPS) is 11.9. The van der Waals surface area contributed by atoms with Gasteiger partial charge in [0, 0.05) is 23.1 Å². The van der Waals surface area contributed by atoms with Crippen LogP contribution in [0.4, 0.5) is 5.13 Å². The van der Waals surface area contributed by atoms with Crippen LogP contribution in [0.1, 0.15) is 19.4 Å². The summed E-state index contributed by atoms with van der Waals surface area (Å²) in [7, 11) is 3.95. The minimum absolute atomic E-state index is 0.165. The largest absolute Gasteiger partial charge is 0.478 e. The van der Waals surface area contributed by atoms with Gasteiger partial charge in [0.15, 0.2) is 10.7 Å². The molecule has 160 valence electrons. The quantitative estimate of drug-likeness (QED) is 0.451. The number of amides is 1. The third-order valence-corrected chi connectivity index (χ3v) is 6.39. The van der Waals surface area contributed by atoms with Crippen molar-refractivity contribution in [2.45, 2.75) is 26.4 Å². The van der Waals surface area contributed by atoms with Crippen LogP contribution in [0.5, 0.6) is 5.75 Å². The Morgan fingerprint density at radius 2 is 1.77 bits per heavy atom. The molecule has 0 aliphatic heterocycles. The Labute approximate surface area is 191 Å². The van der Waals surface area contributed by atoms with Gasteiger partial charge >= 0.3 is 0 Å². The van der Waals surface area contributed by atoms with Crippen molar-refractivity contribution in [2.24, 2.45) is 0 Å². The topological polar surface area (TPSA) is 45.7 Å². The Bertz CT molecular complexity index is 1050. The number of carbonyl (C=O) groups is 1. The monoisotopic (exact) mass is 465 g/mol. The van der Waals surface area contributed by atoms with E-state index in [1.807, 2.05) is 38.1 Å². The lowest BCUT2D eigenvalue weighted by Gasteiger charge is -2.31. The number of likely N-dealkylation sites (N-methyl/N-ethyl adjacent to an activating group) is 1. The highest BCUT2D eigenvalue weighted by Gasteiger charge is 2.36. The van der Waals surface area contributed by atoms with Crippen LogP contribution in [0.15, 0.2) is 36.4 Å². The molecule has 0 N–H and O–H groups in total. The predicted octanol–water partition coefficient (Wildman–Crippen LogP) is 5.66. The van der Waals surface area contributed by atoms with Gasteiger partial charge in [-0.2, -0.15) is 0 Å². The SMILES string of the molecule is Cc1c(Cl)ccc2sc(N(CCN(C)C)C(=O)C(C)(C)Oc3ccc(Cl)cc3)nc12. The highest BCUT2D eigenvalue weighted by Crippen LogP contribution is 2.35. The van der Waals surface area contributed by atoms with Crippen molar-refractivity contribution in [1.82, 2.24) is 9.88 Å². The first-order valence-electron chi connectivity index (χ1n) is 9.55. The minimum atomic E-state index is -1.09. The van der Waals surface area contributed by atoms with Crippen LogP contribution >= 0.6 is 34.5 Å². The van der Waals surface area contributed by atoms with Gasteiger partial charge in [-0.15, -0.1) is 0 Å². The molecule has 2 aromatic carbocycles. The molecule has 1 aromatic heterocycles. The van der Waals surface area contributed by atoms with Gasteiger partial charge in [-0.3, -0.25) is 9.69 Å². The maximum Gasteiger partial charge on any atom is 0.272 e. The molecule has 0 radical (unpaired) electrons. The van der Waals surface area contributed by atoms with Gasteiger partial charge in [-0.05, 0) is 76.8 Å². The summed E-state index contributed by atoms with van der Waals surface area (Å²) < 4.78 is 7.03. The van der Waals surface area contributed by atoms with Crippen molar-refractivity contribution in [3.05, 3.63) is 52.0 Å². The molecule has 5 nitrogen and oxygen atoms in total. The second-order valence-electron chi connectivity index (χ2n) is 7.84. The highest BCUT2D eigenvalue weighted by molar-refractivity contribution is 7.22. The first kappa shape index (κ1) is 22.8. The fraction of sp³-hybridized carbons (Fsp3) is 0.364. The van der Waals surface area contributed by atoms with Gasteiger partial charge in [0.2, 0.25) is 0 Å². The van der Waals surface area contributed by atoms with E-state index in [2.05, 4.69) is 0 Å². The average Bonchev–Trinajstić information content (AvgIpc) is 3.11. The number of aryl methyl sites for hydroxylation is 1.